The molecule has 6 nitrogen and oxygen atoms in total. The van der Waals surface area contributed by atoms with Crippen LogP contribution in [0.15, 0.2) is 36.4 Å². The molecular weight excluding hydrogens is 374 g/mol. The van der Waals surface area contributed by atoms with Gasteiger partial charge in [-0.1, -0.05) is 23.2 Å². The summed E-state index contributed by atoms with van der Waals surface area (Å²) in [5, 5.41) is 2.12. The van der Waals surface area contributed by atoms with Crippen LogP contribution >= 0.6 is 23.2 Å². The second-order valence-electron chi connectivity index (χ2n) is 4.81. The van der Waals surface area contributed by atoms with Crippen molar-refractivity contribution >= 4 is 46.7 Å². The summed E-state index contributed by atoms with van der Waals surface area (Å²) in [5.41, 5.74) is 5.51. The predicted octanol–water partition coefficient (Wildman–Crippen LogP) is 3.03. The van der Waals surface area contributed by atoms with Gasteiger partial charge in [-0.05, 0) is 36.4 Å². The zero-order valence-electron chi connectivity index (χ0n) is 12.5. The van der Waals surface area contributed by atoms with Crippen molar-refractivity contribution in [3.63, 3.8) is 0 Å². The second-order valence-corrected chi connectivity index (χ2v) is 5.63. The van der Waals surface area contributed by atoms with Gasteiger partial charge in [-0.25, -0.2) is 9.18 Å². The van der Waals surface area contributed by atoms with E-state index in [9.17, 15) is 18.8 Å². The molecule has 3 N–H and O–H groups in total. The normalized spacial score (nSPS) is 10.2. The molecule has 0 spiro atoms. The lowest BCUT2D eigenvalue weighted by molar-refractivity contribution is -0.119. The van der Waals surface area contributed by atoms with E-state index < -0.39 is 30.2 Å². The van der Waals surface area contributed by atoms with E-state index in [0.717, 1.165) is 12.1 Å². The zero-order valence-corrected chi connectivity index (χ0v) is 14.0. The zero-order chi connectivity index (χ0) is 18.6. The summed E-state index contributed by atoms with van der Waals surface area (Å²) in [7, 11) is 0. The molecule has 0 radical (unpaired) electrons. The second kappa shape index (κ2) is 7.96. The highest BCUT2D eigenvalue weighted by atomic mass is 35.5. The van der Waals surface area contributed by atoms with E-state index in [0.29, 0.717) is 5.69 Å². The maximum Gasteiger partial charge on any atom is 0.340 e. The van der Waals surface area contributed by atoms with Crippen molar-refractivity contribution in [1.29, 1.82) is 0 Å². The summed E-state index contributed by atoms with van der Waals surface area (Å²) < 4.78 is 18.2. The van der Waals surface area contributed by atoms with E-state index in [4.69, 9.17) is 33.7 Å². The summed E-state index contributed by atoms with van der Waals surface area (Å²) >= 11 is 11.3. The minimum Gasteiger partial charge on any atom is -0.452 e. The molecule has 0 unspecified atom stereocenters. The molecule has 0 atom stereocenters. The Labute approximate surface area is 151 Å². The predicted molar refractivity (Wildman–Crippen MR) is 90.3 cm³/mol. The molecule has 130 valence electrons. The maximum atomic E-state index is 13.4. The summed E-state index contributed by atoms with van der Waals surface area (Å²) in [6.45, 7) is -0.614. The Hall–Kier alpha value is -2.64. The molecule has 0 aliphatic rings. The van der Waals surface area contributed by atoms with Crippen molar-refractivity contribution in [2.45, 2.75) is 0 Å². The van der Waals surface area contributed by atoms with Crippen molar-refractivity contribution in [2.24, 2.45) is 5.73 Å². The molecule has 0 aromatic heterocycles. The Morgan fingerprint density at radius 2 is 1.72 bits per heavy atom. The third kappa shape index (κ3) is 4.91. The van der Waals surface area contributed by atoms with Crippen LogP contribution in [-0.4, -0.2) is 24.4 Å². The number of ether oxygens (including phenoxy) is 1. The fraction of sp³-hybridized carbons (Fsp3) is 0.0625. The highest BCUT2D eigenvalue weighted by Crippen LogP contribution is 2.24. The summed E-state index contributed by atoms with van der Waals surface area (Å²) in [4.78, 5) is 34.6. The van der Waals surface area contributed by atoms with E-state index in [1.165, 1.54) is 24.3 Å². The molecule has 2 aromatic carbocycles. The van der Waals surface area contributed by atoms with E-state index in [-0.39, 0.29) is 21.2 Å². The van der Waals surface area contributed by atoms with Gasteiger partial charge in [0.05, 0.1) is 15.6 Å². The van der Waals surface area contributed by atoms with Gasteiger partial charge in [0, 0.05) is 11.3 Å². The van der Waals surface area contributed by atoms with Crippen LogP contribution in [0.25, 0.3) is 0 Å². The van der Waals surface area contributed by atoms with Gasteiger partial charge in [0.25, 0.3) is 5.91 Å². The largest absolute Gasteiger partial charge is 0.452 e. The van der Waals surface area contributed by atoms with Crippen molar-refractivity contribution < 1.29 is 23.5 Å². The average Bonchev–Trinajstić information content (AvgIpc) is 2.56. The number of nitrogens with one attached hydrogen (secondary N) is 1. The number of carbonyl (C=O) groups excluding carboxylic acids is 3. The van der Waals surface area contributed by atoms with Gasteiger partial charge in [0.1, 0.15) is 5.82 Å². The molecule has 25 heavy (non-hydrogen) atoms. The van der Waals surface area contributed by atoms with E-state index in [1.54, 1.807) is 0 Å². The van der Waals surface area contributed by atoms with Crippen LogP contribution in [0.5, 0.6) is 0 Å². The van der Waals surface area contributed by atoms with E-state index in [2.05, 4.69) is 5.32 Å². The minimum atomic E-state index is -0.972. The fourth-order valence-corrected chi connectivity index (χ4v) is 2.26. The van der Waals surface area contributed by atoms with Gasteiger partial charge < -0.3 is 15.8 Å². The summed E-state index contributed by atoms with van der Waals surface area (Å²) in [6, 6.07) is 7.68. The topological polar surface area (TPSA) is 98.5 Å². The highest BCUT2D eigenvalue weighted by Gasteiger charge is 2.17. The number of carbonyl (C=O) groups is 3. The Kier molecular flexibility index (Phi) is 5.95. The van der Waals surface area contributed by atoms with Gasteiger partial charge in [-0.15, -0.1) is 0 Å². The standard InChI is InChI=1S/C16H11Cl2FN2O4/c17-11-6-12(18)13(19)5-10(11)16(24)25-7-14(22)21-9-3-1-8(2-4-9)15(20)23/h1-6H,7H2,(H2,20,23)(H,21,22). The monoisotopic (exact) mass is 384 g/mol. The molecule has 0 bridgehead atoms. The van der Waals surface area contributed by atoms with Gasteiger partial charge in [-0.2, -0.15) is 0 Å². The third-order valence-electron chi connectivity index (χ3n) is 3.02. The molecule has 2 aromatic rings. The SMILES string of the molecule is NC(=O)c1ccc(NC(=O)COC(=O)c2cc(F)c(Cl)cc2Cl)cc1. The van der Waals surface area contributed by atoms with Gasteiger partial charge >= 0.3 is 5.97 Å². The Morgan fingerprint density at radius 1 is 1.08 bits per heavy atom. The van der Waals surface area contributed by atoms with Crippen LogP contribution in [0.2, 0.25) is 10.0 Å². The molecule has 0 heterocycles. The number of hydrogen-bond donors (Lipinski definition) is 2. The van der Waals surface area contributed by atoms with Gasteiger partial charge in [-0.3, -0.25) is 9.59 Å². The molecule has 0 aliphatic heterocycles. The lowest BCUT2D eigenvalue weighted by Crippen LogP contribution is -2.21. The number of benzene rings is 2. The first-order valence-electron chi connectivity index (χ1n) is 6.79. The molecule has 2 rings (SSSR count). The van der Waals surface area contributed by atoms with Crippen LogP contribution in [0, 0.1) is 5.82 Å². The number of primary amides is 1. The van der Waals surface area contributed by atoms with Crippen molar-refractivity contribution in [3.05, 3.63) is 63.4 Å². The van der Waals surface area contributed by atoms with Crippen LogP contribution in [0.3, 0.4) is 0 Å². The summed E-state index contributed by atoms with van der Waals surface area (Å²) in [6.07, 6.45) is 0. The van der Waals surface area contributed by atoms with Crippen molar-refractivity contribution in [3.8, 4) is 0 Å². The average molecular weight is 385 g/mol. The van der Waals surface area contributed by atoms with Crippen LogP contribution < -0.4 is 11.1 Å². The summed E-state index contributed by atoms with van der Waals surface area (Å²) in [5.74, 6) is -3.04. The van der Waals surface area contributed by atoms with Crippen LogP contribution in [-0.2, 0) is 9.53 Å². The Bertz CT molecular complexity index is 841. The first-order valence-corrected chi connectivity index (χ1v) is 7.55. The molecule has 0 fully saturated rings. The molecular formula is C16H11Cl2FN2O4. The van der Waals surface area contributed by atoms with Gasteiger partial charge in [0.15, 0.2) is 6.61 Å². The lowest BCUT2D eigenvalue weighted by atomic mass is 10.2. The van der Waals surface area contributed by atoms with Crippen LogP contribution in [0.4, 0.5) is 10.1 Å². The molecule has 0 aliphatic carbocycles. The number of nitrogens with two attached hydrogens (primary N) is 1. The van der Waals surface area contributed by atoms with Crippen molar-refractivity contribution in [1.82, 2.24) is 0 Å². The third-order valence-corrected chi connectivity index (χ3v) is 3.62. The fourth-order valence-electron chi connectivity index (χ4n) is 1.80. The lowest BCUT2D eigenvalue weighted by Gasteiger charge is -2.08. The first-order chi connectivity index (χ1) is 11.8. The molecule has 2 amide bonds. The quantitative estimate of drug-likeness (QED) is 0.611. The smallest absolute Gasteiger partial charge is 0.340 e. The highest BCUT2D eigenvalue weighted by molar-refractivity contribution is 6.36. The number of amides is 2. The molecule has 0 saturated heterocycles. The first kappa shape index (κ1) is 18.7. The number of halogens is 3. The van der Waals surface area contributed by atoms with E-state index >= 15 is 0 Å². The van der Waals surface area contributed by atoms with Crippen LogP contribution in [0.1, 0.15) is 20.7 Å². The Balaban J connectivity index is 1.94. The maximum absolute atomic E-state index is 13.4. The van der Waals surface area contributed by atoms with E-state index in [1.807, 2.05) is 0 Å². The number of rotatable bonds is 5. The minimum absolute atomic E-state index is 0.0983. The Morgan fingerprint density at radius 3 is 2.32 bits per heavy atom. The number of hydrogen-bond acceptors (Lipinski definition) is 4. The van der Waals surface area contributed by atoms with Crippen molar-refractivity contribution in [2.75, 3.05) is 11.9 Å². The molecule has 0 saturated carbocycles. The van der Waals surface area contributed by atoms with Gasteiger partial charge in [0.2, 0.25) is 5.91 Å². The molecule has 9 heteroatoms. The number of anilines is 1. The number of esters is 1.